The van der Waals surface area contributed by atoms with Crippen molar-refractivity contribution in [3.05, 3.63) is 119 Å². The minimum atomic E-state index is 0.503. The van der Waals surface area contributed by atoms with Crippen LogP contribution < -0.4 is 0 Å². The summed E-state index contributed by atoms with van der Waals surface area (Å²) in [5.41, 5.74) is 10.3. The second-order valence-electron chi connectivity index (χ2n) is 10.3. The fourth-order valence-electron chi connectivity index (χ4n) is 7.36. The van der Waals surface area contributed by atoms with E-state index in [0.29, 0.717) is 5.92 Å². The van der Waals surface area contributed by atoms with Crippen molar-refractivity contribution >= 4 is 55.2 Å². The van der Waals surface area contributed by atoms with Crippen LogP contribution in [-0.2, 0) is 6.42 Å². The van der Waals surface area contributed by atoms with Gasteiger partial charge in [0, 0.05) is 5.92 Å². The highest BCUT2D eigenvalue weighted by atomic mass is 14.4. The summed E-state index contributed by atoms with van der Waals surface area (Å²) in [6.45, 7) is 0. The molecule has 9 rings (SSSR count). The van der Waals surface area contributed by atoms with Gasteiger partial charge >= 0.3 is 0 Å². The van der Waals surface area contributed by atoms with E-state index in [1.54, 1.807) is 5.56 Å². The largest absolute Gasteiger partial charge is 0.0830 e. The van der Waals surface area contributed by atoms with Crippen molar-refractivity contribution in [2.75, 3.05) is 0 Å². The van der Waals surface area contributed by atoms with E-state index in [1.807, 2.05) is 0 Å². The third-order valence-electron chi connectivity index (χ3n) is 8.72. The number of rotatable bonds is 0. The van der Waals surface area contributed by atoms with Crippen LogP contribution in [0.15, 0.2) is 91.0 Å². The third-order valence-corrected chi connectivity index (χ3v) is 8.72. The molecule has 0 nitrogen and oxygen atoms in total. The average molecular weight is 443 g/mol. The van der Waals surface area contributed by atoms with E-state index in [-0.39, 0.29) is 0 Å². The lowest BCUT2D eigenvalue weighted by Crippen LogP contribution is -2.09. The zero-order valence-corrected chi connectivity index (χ0v) is 19.3. The van der Waals surface area contributed by atoms with Gasteiger partial charge in [-0.2, -0.15) is 0 Å². The predicted molar refractivity (Wildman–Crippen MR) is 150 cm³/mol. The van der Waals surface area contributed by atoms with E-state index in [1.165, 1.54) is 76.5 Å². The number of hydrogen-bond donors (Lipinski definition) is 0. The first-order valence-corrected chi connectivity index (χ1v) is 12.7. The predicted octanol–water partition coefficient (Wildman–Crippen LogP) is 9.40. The van der Waals surface area contributed by atoms with E-state index in [4.69, 9.17) is 0 Å². The van der Waals surface area contributed by atoms with Gasteiger partial charge < -0.3 is 0 Å². The maximum absolute atomic E-state index is 2.42. The van der Waals surface area contributed by atoms with E-state index in [0.717, 1.165) is 12.8 Å². The molecule has 1 atom stereocenters. The van der Waals surface area contributed by atoms with Gasteiger partial charge in [0.25, 0.3) is 0 Å². The second-order valence-corrected chi connectivity index (χ2v) is 10.3. The summed E-state index contributed by atoms with van der Waals surface area (Å²) in [5, 5.41) is 11.1. The molecule has 6 aromatic carbocycles. The lowest BCUT2D eigenvalue weighted by atomic mass is 9.75. The molecule has 0 saturated heterocycles. The summed E-state index contributed by atoms with van der Waals surface area (Å²) < 4.78 is 0. The Morgan fingerprint density at radius 2 is 1.29 bits per heavy atom. The zero-order valence-electron chi connectivity index (χ0n) is 19.3. The Balaban J connectivity index is 1.56. The first-order valence-electron chi connectivity index (χ1n) is 12.7. The van der Waals surface area contributed by atoms with Crippen LogP contribution in [0.4, 0.5) is 0 Å². The Bertz CT molecular complexity index is 1960. The molecule has 3 aliphatic rings. The quantitative estimate of drug-likeness (QED) is 0.205. The number of benzene rings is 6. The lowest BCUT2D eigenvalue weighted by molar-refractivity contribution is 0.858. The van der Waals surface area contributed by atoms with E-state index in [2.05, 4.69) is 103 Å². The molecule has 0 saturated carbocycles. The highest BCUT2D eigenvalue weighted by molar-refractivity contribution is 6.30. The number of hydrogen-bond acceptors (Lipinski definition) is 0. The van der Waals surface area contributed by atoms with Crippen LogP contribution in [0.1, 0.15) is 40.2 Å². The molecule has 0 fully saturated rings. The minimum absolute atomic E-state index is 0.503. The molecule has 0 radical (unpaired) electrons. The van der Waals surface area contributed by atoms with Crippen LogP contribution in [-0.4, -0.2) is 0 Å². The number of fused-ring (bicyclic) bond motifs is 12. The van der Waals surface area contributed by atoms with Gasteiger partial charge in [0.05, 0.1) is 0 Å². The Hall–Kier alpha value is -4.16. The monoisotopic (exact) mass is 442 g/mol. The zero-order chi connectivity index (χ0) is 22.7. The van der Waals surface area contributed by atoms with Crippen LogP contribution in [0.3, 0.4) is 0 Å². The Morgan fingerprint density at radius 3 is 2.11 bits per heavy atom. The molecular formula is C35H22. The van der Waals surface area contributed by atoms with Crippen LogP contribution in [0.5, 0.6) is 0 Å². The van der Waals surface area contributed by atoms with Gasteiger partial charge in [-0.1, -0.05) is 103 Å². The van der Waals surface area contributed by atoms with Crippen LogP contribution in [0, 0.1) is 0 Å². The third kappa shape index (κ3) is 2.14. The van der Waals surface area contributed by atoms with Crippen LogP contribution in [0.25, 0.3) is 66.4 Å². The molecule has 0 bridgehead atoms. The van der Waals surface area contributed by atoms with Gasteiger partial charge in [-0.3, -0.25) is 0 Å². The maximum atomic E-state index is 2.42. The molecule has 0 spiro atoms. The van der Waals surface area contributed by atoms with E-state index >= 15 is 0 Å². The van der Waals surface area contributed by atoms with Crippen molar-refractivity contribution in [1.29, 1.82) is 0 Å². The molecular weight excluding hydrogens is 420 g/mol. The molecule has 162 valence electrons. The van der Waals surface area contributed by atoms with Crippen LogP contribution in [0.2, 0.25) is 0 Å². The lowest BCUT2D eigenvalue weighted by Gasteiger charge is -2.28. The minimum Gasteiger partial charge on any atom is -0.0830 e. The molecule has 0 heteroatoms. The van der Waals surface area contributed by atoms with E-state index in [9.17, 15) is 0 Å². The molecule has 3 aliphatic carbocycles. The molecule has 0 N–H and O–H groups in total. The summed E-state index contributed by atoms with van der Waals surface area (Å²) in [6, 6.07) is 29.6. The average Bonchev–Trinajstić information content (AvgIpc) is 3.32. The molecule has 1 unspecified atom stereocenters. The Morgan fingerprint density at radius 1 is 0.571 bits per heavy atom. The number of allylic oxidation sites excluding steroid dienone is 2. The molecule has 0 heterocycles. The van der Waals surface area contributed by atoms with Gasteiger partial charge in [0.15, 0.2) is 0 Å². The summed E-state index contributed by atoms with van der Waals surface area (Å²) in [4.78, 5) is 0. The van der Waals surface area contributed by atoms with Crippen molar-refractivity contribution in [3.63, 3.8) is 0 Å². The van der Waals surface area contributed by atoms with Gasteiger partial charge in [-0.25, -0.2) is 0 Å². The van der Waals surface area contributed by atoms with Crippen molar-refractivity contribution in [3.8, 4) is 11.1 Å². The van der Waals surface area contributed by atoms with Gasteiger partial charge in [0.2, 0.25) is 0 Å². The first-order chi connectivity index (χ1) is 17.4. The van der Waals surface area contributed by atoms with Crippen molar-refractivity contribution in [1.82, 2.24) is 0 Å². The van der Waals surface area contributed by atoms with Crippen LogP contribution >= 0.6 is 0 Å². The summed E-state index contributed by atoms with van der Waals surface area (Å²) >= 11 is 0. The molecule has 0 amide bonds. The summed E-state index contributed by atoms with van der Waals surface area (Å²) in [5.74, 6) is 0.503. The standard InChI is InChI=1S/C35H22/c1-2-11-25-23(9-1)24-10-3-4-12-26(24)34-28(25)18-17-22-19-30-27-13-5-7-20-15-16-21-8-6-14-29(32(21)31(20)27)35(30)33(22)34/h1-6,8-18,20H,7,19H2. The molecule has 0 aliphatic heterocycles. The highest BCUT2D eigenvalue weighted by Gasteiger charge is 2.32. The fraction of sp³-hybridized carbons (Fsp3) is 0.0857. The molecule has 0 aromatic heterocycles. The first kappa shape index (κ1) is 18.2. The van der Waals surface area contributed by atoms with Gasteiger partial charge in [-0.15, -0.1) is 0 Å². The van der Waals surface area contributed by atoms with Crippen molar-refractivity contribution in [2.45, 2.75) is 18.8 Å². The smallest absolute Gasteiger partial charge is 0.00683 e. The maximum Gasteiger partial charge on any atom is 0.00683 e. The second kappa shape index (κ2) is 6.29. The highest BCUT2D eigenvalue weighted by Crippen LogP contribution is 2.54. The molecule has 6 aromatic rings. The topological polar surface area (TPSA) is 0 Å². The summed E-state index contributed by atoms with van der Waals surface area (Å²) in [7, 11) is 0. The SMILES string of the molecule is C1=Cc2c3c(c4cccc5c4c2C(C=C5)C1)-c1c(ccc2c4ccccc4c4ccccc4c12)C3. The normalized spacial score (nSPS) is 17.0. The van der Waals surface area contributed by atoms with Gasteiger partial charge in [-0.05, 0) is 94.9 Å². The Labute approximate surface area is 203 Å². The van der Waals surface area contributed by atoms with Crippen molar-refractivity contribution in [2.24, 2.45) is 0 Å². The molecule has 35 heavy (non-hydrogen) atoms. The van der Waals surface area contributed by atoms with Gasteiger partial charge in [0.1, 0.15) is 0 Å². The van der Waals surface area contributed by atoms with E-state index < -0.39 is 0 Å². The Kier molecular flexibility index (Phi) is 3.27. The van der Waals surface area contributed by atoms with Crippen molar-refractivity contribution < 1.29 is 0 Å². The fourth-order valence-corrected chi connectivity index (χ4v) is 7.36. The summed E-state index contributed by atoms with van der Waals surface area (Å²) in [6.07, 6.45) is 11.7.